The number of fused-ring (bicyclic) bond motifs is 3. The summed E-state index contributed by atoms with van der Waals surface area (Å²) in [7, 11) is 0. The van der Waals surface area contributed by atoms with Crippen molar-refractivity contribution in [3.63, 3.8) is 0 Å². The van der Waals surface area contributed by atoms with Gasteiger partial charge in [-0.05, 0) is 53.4 Å². The molecule has 0 radical (unpaired) electrons. The first kappa shape index (κ1) is 24.8. The fraction of sp³-hybridized carbons (Fsp3) is 0.464. The van der Waals surface area contributed by atoms with E-state index in [-0.39, 0.29) is 42.6 Å². The highest BCUT2D eigenvalue weighted by Gasteiger charge is 2.33. The van der Waals surface area contributed by atoms with E-state index in [4.69, 9.17) is 9.84 Å². The normalized spacial score (nSPS) is 19.5. The molecule has 3 N–H and O–H groups in total. The Hall–Kier alpha value is -3.35. The van der Waals surface area contributed by atoms with Crippen LogP contribution in [0.5, 0.6) is 0 Å². The maximum absolute atomic E-state index is 12.7. The Labute approximate surface area is 206 Å². The van der Waals surface area contributed by atoms with Crippen molar-refractivity contribution in [2.45, 2.75) is 44.9 Å². The van der Waals surface area contributed by atoms with Gasteiger partial charge in [0, 0.05) is 31.3 Å². The molecule has 0 heterocycles. The van der Waals surface area contributed by atoms with Crippen LogP contribution in [0.2, 0.25) is 0 Å². The van der Waals surface area contributed by atoms with Crippen LogP contribution in [0.15, 0.2) is 48.5 Å². The second-order valence-electron chi connectivity index (χ2n) is 9.79. The first-order valence-corrected chi connectivity index (χ1v) is 12.5. The third kappa shape index (κ3) is 6.02. The van der Waals surface area contributed by atoms with Gasteiger partial charge in [0.25, 0.3) is 0 Å². The molecule has 4 rings (SSSR count). The van der Waals surface area contributed by atoms with Gasteiger partial charge < -0.3 is 20.5 Å². The predicted molar refractivity (Wildman–Crippen MR) is 133 cm³/mol. The molecule has 2 aromatic carbocycles. The summed E-state index contributed by atoms with van der Waals surface area (Å²) in [6.45, 7) is 3.08. The molecule has 2 aliphatic carbocycles. The molecule has 2 aromatic rings. The smallest absolute Gasteiger partial charge is 0.407 e. The van der Waals surface area contributed by atoms with Crippen LogP contribution in [0.25, 0.3) is 11.1 Å². The molecule has 0 saturated heterocycles. The fourth-order valence-electron chi connectivity index (χ4n) is 5.37. The van der Waals surface area contributed by atoms with Crippen LogP contribution < -0.4 is 10.6 Å². The number of benzene rings is 2. The zero-order valence-corrected chi connectivity index (χ0v) is 20.2. The molecular formula is C28H34N2O5. The van der Waals surface area contributed by atoms with Crippen molar-refractivity contribution < 1.29 is 24.2 Å². The Morgan fingerprint density at radius 3 is 2.31 bits per heavy atom. The second-order valence-corrected chi connectivity index (χ2v) is 9.79. The van der Waals surface area contributed by atoms with Gasteiger partial charge in [0.05, 0.1) is 0 Å². The number of ether oxygens (including phenoxy) is 1. The number of carboxylic acids is 1. The molecule has 35 heavy (non-hydrogen) atoms. The SMILES string of the molecule is CC(CCC(=O)O)CNC(=O)[C@H]1CCC[C@H]1CNC(=O)OCC1c2ccccc2-c2ccccc21. The van der Waals surface area contributed by atoms with Crippen LogP contribution in [-0.2, 0) is 14.3 Å². The van der Waals surface area contributed by atoms with E-state index in [1.807, 2.05) is 31.2 Å². The first-order valence-electron chi connectivity index (χ1n) is 12.5. The Bertz CT molecular complexity index is 1020. The van der Waals surface area contributed by atoms with E-state index >= 15 is 0 Å². The van der Waals surface area contributed by atoms with Crippen LogP contribution in [0.1, 0.15) is 56.1 Å². The minimum Gasteiger partial charge on any atom is -0.481 e. The van der Waals surface area contributed by atoms with Gasteiger partial charge in [-0.15, -0.1) is 0 Å². The number of carboxylic acid groups (broad SMARTS) is 1. The molecule has 1 fully saturated rings. The number of hydrogen-bond acceptors (Lipinski definition) is 4. The lowest BCUT2D eigenvalue weighted by Gasteiger charge is -2.21. The summed E-state index contributed by atoms with van der Waals surface area (Å²) in [5.74, 6) is -0.780. The Balaban J connectivity index is 1.24. The second kappa shape index (κ2) is 11.4. The predicted octanol–water partition coefficient (Wildman–Crippen LogP) is 4.56. The molecule has 7 heteroatoms. The first-order chi connectivity index (χ1) is 16.9. The minimum atomic E-state index is -0.821. The van der Waals surface area contributed by atoms with Crippen molar-refractivity contribution in [3.05, 3.63) is 59.7 Å². The molecule has 1 saturated carbocycles. The summed E-state index contributed by atoms with van der Waals surface area (Å²) in [4.78, 5) is 35.9. The number of carbonyl (C=O) groups is 3. The summed E-state index contributed by atoms with van der Waals surface area (Å²) in [5.41, 5.74) is 4.72. The van der Waals surface area contributed by atoms with Crippen molar-refractivity contribution in [1.82, 2.24) is 10.6 Å². The van der Waals surface area contributed by atoms with E-state index in [0.717, 1.165) is 19.3 Å². The number of carbonyl (C=O) groups excluding carboxylic acids is 2. The standard InChI is InChI=1S/C28H34N2O5/c1-18(13-14-26(31)32)15-29-27(33)20-12-6-7-19(20)16-30-28(34)35-17-25-23-10-4-2-8-21(23)22-9-3-5-11-24(22)25/h2-5,8-11,18-20,25H,6-7,12-17H2,1H3,(H,29,33)(H,30,34)(H,31,32)/t18?,19-,20-/m0/s1. The van der Waals surface area contributed by atoms with Crippen molar-refractivity contribution in [2.75, 3.05) is 19.7 Å². The average Bonchev–Trinajstić information content (AvgIpc) is 3.46. The van der Waals surface area contributed by atoms with Crippen molar-refractivity contribution in [3.8, 4) is 11.1 Å². The van der Waals surface area contributed by atoms with Crippen LogP contribution in [-0.4, -0.2) is 42.8 Å². The van der Waals surface area contributed by atoms with Crippen LogP contribution in [0, 0.1) is 17.8 Å². The average molecular weight is 479 g/mol. The van der Waals surface area contributed by atoms with Gasteiger partial charge in [0.2, 0.25) is 5.91 Å². The topological polar surface area (TPSA) is 105 Å². The molecule has 3 atom stereocenters. The van der Waals surface area contributed by atoms with E-state index in [0.29, 0.717) is 19.5 Å². The van der Waals surface area contributed by atoms with Gasteiger partial charge in [0.1, 0.15) is 6.61 Å². The summed E-state index contributed by atoms with van der Waals surface area (Å²) in [6, 6.07) is 16.5. The Kier molecular flexibility index (Phi) is 8.06. The molecule has 0 bridgehead atoms. The molecule has 186 valence electrons. The lowest BCUT2D eigenvalue weighted by Crippen LogP contribution is -2.39. The summed E-state index contributed by atoms with van der Waals surface area (Å²) in [5, 5.41) is 14.6. The van der Waals surface area contributed by atoms with Gasteiger partial charge in [-0.1, -0.05) is 61.9 Å². The lowest BCUT2D eigenvalue weighted by atomic mass is 9.94. The fourth-order valence-corrected chi connectivity index (χ4v) is 5.37. The quantitative estimate of drug-likeness (QED) is 0.464. The minimum absolute atomic E-state index is 0.0102. The van der Waals surface area contributed by atoms with Crippen molar-refractivity contribution in [2.24, 2.45) is 17.8 Å². The molecule has 7 nitrogen and oxygen atoms in total. The van der Waals surface area contributed by atoms with Gasteiger partial charge in [-0.3, -0.25) is 9.59 Å². The number of amides is 2. The van der Waals surface area contributed by atoms with E-state index in [9.17, 15) is 14.4 Å². The van der Waals surface area contributed by atoms with Crippen molar-refractivity contribution in [1.29, 1.82) is 0 Å². The summed E-state index contributed by atoms with van der Waals surface area (Å²) in [6.07, 6.45) is 2.81. The molecule has 0 aromatic heterocycles. The zero-order chi connectivity index (χ0) is 24.8. The number of aliphatic carboxylic acids is 1. The summed E-state index contributed by atoms with van der Waals surface area (Å²) < 4.78 is 5.62. The number of hydrogen-bond donors (Lipinski definition) is 3. The molecule has 0 aliphatic heterocycles. The lowest BCUT2D eigenvalue weighted by molar-refractivity contribution is -0.137. The maximum Gasteiger partial charge on any atom is 0.407 e. The largest absolute Gasteiger partial charge is 0.481 e. The highest BCUT2D eigenvalue weighted by atomic mass is 16.5. The van der Waals surface area contributed by atoms with Gasteiger partial charge in [-0.2, -0.15) is 0 Å². The maximum atomic E-state index is 12.7. The molecule has 2 aliphatic rings. The Morgan fingerprint density at radius 2 is 1.66 bits per heavy atom. The van der Waals surface area contributed by atoms with Gasteiger partial charge in [0.15, 0.2) is 0 Å². The monoisotopic (exact) mass is 478 g/mol. The number of rotatable bonds is 10. The van der Waals surface area contributed by atoms with E-state index in [1.54, 1.807) is 0 Å². The highest BCUT2D eigenvalue weighted by Crippen LogP contribution is 2.44. The molecular weight excluding hydrogens is 444 g/mol. The third-order valence-corrected chi connectivity index (χ3v) is 7.32. The number of nitrogens with one attached hydrogen (secondary N) is 2. The Morgan fingerprint density at radius 1 is 1.00 bits per heavy atom. The van der Waals surface area contributed by atoms with E-state index < -0.39 is 12.1 Å². The summed E-state index contributed by atoms with van der Waals surface area (Å²) >= 11 is 0. The van der Waals surface area contributed by atoms with Crippen molar-refractivity contribution >= 4 is 18.0 Å². The zero-order valence-electron chi connectivity index (χ0n) is 20.2. The highest BCUT2D eigenvalue weighted by molar-refractivity contribution is 5.80. The van der Waals surface area contributed by atoms with E-state index in [2.05, 4.69) is 34.9 Å². The van der Waals surface area contributed by atoms with Crippen LogP contribution >= 0.6 is 0 Å². The molecule has 1 unspecified atom stereocenters. The number of alkyl carbamates (subject to hydrolysis) is 1. The molecule has 2 amide bonds. The van der Waals surface area contributed by atoms with Gasteiger partial charge in [-0.25, -0.2) is 4.79 Å². The molecule has 0 spiro atoms. The third-order valence-electron chi connectivity index (χ3n) is 7.32. The van der Waals surface area contributed by atoms with Gasteiger partial charge >= 0.3 is 12.1 Å². The van der Waals surface area contributed by atoms with E-state index in [1.165, 1.54) is 22.3 Å². The van der Waals surface area contributed by atoms with Crippen LogP contribution in [0.4, 0.5) is 4.79 Å². The van der Waals surface area contributed by atoms with Crippen LogP contribution in [0.3, 0.4) is 0 Å².